The van der Waals surface area contributed by atoms with Crippen LogP contribution in [0.2, 0.25) is 0 Å². The van der Waals surface area contributed by atoms with Crippen LogP contribution in [-0.4, -0.2) is 12.8 Å². The molecule has 1 aliphatic rings. The van der Waals surface area contributed by atoms with E-state index in [0.717, 1.165) is 18.7 Å². The van der Waals surface area contributed by atoms with Crippen LogP contribution in [0.5, 0.6) is 5.75 Å². The van der Waals surface area contributed by atoms with Crippen LogP contribution in [0.4, 0.5) is 0 Å². The number of hydrogen-bond acceptors (Lipinski definition) is 2. The van der Waals surface area contributed by atoms with Crippen molar-refractivity contribution in [2.24, 2.45) is 0 Å². The van der Waals surface area contributed by atoms with Crippen LogP contribution in [-0.2, 0) is 0 Å². The highest BCUT2D eigenvalue weighted by atomic mass is 16.5. The molecule has 0 aromatic heterocycles. The highest BCUT2D eigenvalue weighted by molar-refractivity contribution is 5.21. The largest absolute Gasteiger partial charge is 0.475 e. The lowest BCUT2D eigenvalue weighted by Crippen LogP contribution is -2.46. The topological polar surface area (TPSA) is 21.3 Å². The van der Waals surface area contributed by atoms with E-state index in [0.29, 0.717) is 0 Å². The summed E-state index contributed by atoms with van der Waals surface area (Å²) in [6.07, 6.45) is 1.37. The molecular formula is C9H11NO. The number of hydrogen-bond donors (Lipinski definition) is 1. The minimum atomic E-state index is 0.248. The van der Waals surface area contributed by atoms with E-state index in [9.17, 15) is 0 Å². The monoisotopic (exact) mass is 149 g/mol. The van der Waals surface area contributed by atoms with E-state index in [1.807, 2.05) is 30.3 Å². The molecular weight excluding hydrogens is 138 g/mol. The smallest absolute Gasteiger partial charge is 0.151 e. The minimum Gasteiger partial charge on any atom is -0.475 e. The van der Waals surface area contributed by atoms with Crippen LogP contribution < -0.4 is 10.1 Å². The second-order valence-electron chi connectivity index (χ2n) is 2.66. The summed E-state index contributed by atoms with van der Waals surface area (Å²) in [5, 5.41) is 3.17. The first-order chi connectivity index (χ1) is 5.45. The van der Waals surface area contributed by atoms with Gasteiger partial charge in [0.1, 0.15) is 5.75 Å². The van der Waals surface area contributed by atoms with Gasteiger partial charge in [-0.15, -0.1) is 0 Å². The van der Waals surface area contributed by atoms with Gasteiger partial charge >= 0.3 is 0 Å². The maximum absolute atomic E-state index is 5.54. The normalized spacial score (nSPS) is 22.4. The zero-order valence-corrected chi connectivity index (χ0v) is 6.29. The van der Waals surface area contributed by atoms with Gasteiger partial charge in [-0.3, -0.25) is 5.32 Å². The number of ether oxygens (including phenoxy) is 1. The fraction of sp³-hybridized carbons (Fsp3) is 0.333. The Labute approximate surface area is 66.2 Å². The summed E-state index contributed by atoms with van der Waals surface area (Å²) >= 11 is 0. The number of para-hydroxylation sites is 1. The molecule has 1 N–H and O–H groups in total. The van der Waals surface area contributed by atoms with Crippen molar-refractivity contribution in [2.45, 2.75) is 12.6 Å². The molecule has 58 valence electrons. The number of benzene rings is 1. The van der Waals surface area contributed by atoms with Crippen molar-refractivity contribution in [1.82, 2.24) is 5.32 Å². The summed E-state index contributed by atoms with van der Waals surface area (Å²) in [4.78, 5) is 0. The maximum atomic E-state index is 5.54. The molecule has 0 amide bonds. The molecule has 1 heterocycles. The van der Waals surface area contributed by atoms with Gasteiger partial charge in [0, 0.05) is 13.0 Å². The standard InChI is InChI=1S/C9H11NO/c1-2-4-8(5-3-1)11-9-6-7-10-9/h1-5,9-10H,6-7H2. The van der Waals surface area contributed by atoms with Crippen LogP contribution in [0.25, 0.3) is 0 Å². The molecule has 0 radical (unpaired) electrons. The van der Waals surface area contributed by atoms with Crippen molar-refractivity contribution in [3.63, 3.8) is 0 Å². The Bertz CT molecular complexity index is 218. The molecule has 0 bridgehead atoms. The Balaban J connectivity index is 1.95. The summed E-state index contributed by atoms with van der Waals surface area (Å²) in [6.45, 7) is 1.08. The van der Waals surface area contributed by atoms with Crippen LogP contribution >= 0.6 is 0 Å². The molecule has 1 unspecified atom stereocenters. The zero-order chi connectivity index (χ0) is 7.52. The molecule has 1 atom stereocenters. The summed E-state index contributed by atoms with van der Waals surface area (Å²) in [5.74, 6) is 0.949. The third-order valence-electron chi connectivity index (χ3n) is 1.80. The Morgan fingerprint density at radius 2 is 2.00 bits per heavy atom. The average Bonchev–Trinajstić information content (AvgIpc) is 1.99. The fourth-order valence-electron chi connectivity index (χ4n) is 1.03. The number of rotatable bonds is 2. The van der Waals surface area contributed by atoms with E-state index in [-0.39, 0.29) is 6.23 Å². The van der Waals surface area contributed by atoms with Gasteiger partial charge in [0.15, 0.2) is 6.23 Å². The van der Waals surface area contributed by atoms with Crippen molar-refractivity contribution in [3.05, 3.63) is 30.3 Å². The third kappa shape index (κ3) is 1.52. The highest BCUT2D eigenvalue weighted by Crippen LogP contribution is 2.13. The first kappa shape index (κ1) is 6.68. The van der Waals surface area contributed by atoms with Gasteiger partial charge in [0.25, 0.3) is 0 Å². The van der Waals surface area contributed by atoms with Gasteiger partial charge in [-0.2, -0.15) is 0 Å². The molecule has 1 aromatic carbocycles. The Kier molecular flexibility index (Phi) is 1.78. The van der Waals surface area contributed by atoms with Crippen LogP contribution in [0, 0.1) is 0 Å². The Morgan fingerprint density at radius 1 is 1.27 bits per heavy atom. The molecule has 1 saturated heterocycles. The lowest BCUT2D eigenvalue weighted by molar-refractivity contribution is 0.0987. The van der Waals surface area contributed by atoms with Crippen LogP contribution in [0.15, 0.2) is 30.3 Å². The van der Waals surface area contributed by atoms with Gasteiger partial charge in [0.05, 0.1) is 0 Å². The van der Waals surface area contributed by atoms with Crippen molar-refractivity contribution >= 4 is 0 Å². The Hall–Kier alpha value is -1.02. The van der Waals surface area contributed by atoms with Gasteiger partial charge in [-0.1, -0.05) is 18.2 Å². The molecule has 2 rings (SSSR count). The average molecular weight is 149 g/mol. The SMILES string of the molecule is c1ccc(OC2CCN2)cc1. The molecule has 0 saturated carbocycles. The molecule has 1 aliphatic heterocycles. The first-order valence-electron chi connectivity index (χ1n) is 3.90. The second-order valence-corrected chi connectivity index (χ2v) is 2.66. The second kappa shape index (κ2) is 2.93. The minimum absolute atomic E-state index is 0.248. The molecule has 1 fully saturated rings. The van der Waals surface area contributed by atoms with E-state index in [1.165, 1.54) is 0 Å². The van der Waals surface area contributed by atoms with Crippen molar-refractivity contribution in [3.8, 4) is 5.75 Å². The molecule has 0 aliphatic carbocycles. The molecule has 2 heteroatoms. The summed E-state index contributed by atoms with van der Waals surface area (Å²) < 4.78 is 5.54. The predicted molar refractivity (Wildman–Crippen MR) is 43.5 cm³/mol. The van der Waals surface area contributed by atoms with E-state index in [2.05, 4.69) is 5.32 Å². The lowest BCUT2D eigenvalue weighted by atomic mass is 10.2. The van der Waals surface area contributed by atoms with E-state index < -0.39 is 0 Å². The van der Waals surface area contributed by atoms with E-state index >= 15 is 0 Å². The van der Waals surface area contributed by atoms with Gasteiger partial charge in [0.2, 0.25) is 0 Å². The van der Waals surface area contributed by atoms with Crippen LogP contribution in [0.1, 0.15) is 6.42 Å². The van der Waals surface area contributed by atoms with Crippen molar-refractivity contribution in [1.29, 1.82) is 0 Å². The van der Waals surface area contributed by atoms with Gasteiger partial charge in [-0.25, -0.2) is 0 Å². The molecule has 0 spiro atoms. The van der Waals surface area contributed by atoms with Crippen molar-refractivity contribution in [2.75, 3.05) is 6.54 Å². The molecule has 2 nitrogen and oxygen atoms in total. The fourth-order valence-corrected chi connectivity index (χ4v) is 1.03. The van der Waals surface area contributed by atoms with Crippen LogP contribution in [0.3, 0.4) is 0 Å². The van der Waals surface area contributed by atoms with E-state index in [1.54, 1.807) is 0 Å². The lowest BCUT2D eigenvalue weighted by Gasteiger charge is -2.27. The molecule has 11 heavy (non-hydrogen) atoms. The van der Waals surface area contributed by atoms with Crippen molar-refractivity contribution < 1.29 is 4.74 Å². The predicted octanol–water partition coefficient (Wildman–Crippen LogP) is 1.38. The zero-order valence-electron chi connectivity index (χ0n) is 6.29. The number of nitrogens with one attached hydrogen (secondary N) is 1. The summed E-state index contributed by atoms with van der Waals surface area (Å²) in [6, 6.07) is 9.89. The first-order valence-corrected chi connectivity index (χ1v) is 3.90. The highest BCUT2D eigenvalue weighted by Gasteiger charge is 2.16. The van der Waals surface area contributed by atoms with Gasteiger partial charge < -0.3 is 4.74 Å². The van der Waals surface area contributed by atoms with E-state index in [4.69, 9.17) is 4.74 Å². The Morgan fingerprint density at radius 3 is 2.55 bits per heavy atom. The third-order valence-corrected chi connectivity index (χ3v) is 1.80. The molecule has 1 aromatic rings. The summed E-state index contributed by atoms with van der Waals surface area (Å²) in [7, 11) is 0. The maximum Gasteiger partial charge on any atom is 0.151 e. The quantitative estimate of drug-likeness (QED) is 0.686. The van der Waals surface area contributed by atoms with Gasteiger partial charge in [-0.05, 0) is 12.1 Å². The summed E-state index contributed by atoms with van der Waals surface area (Å²) in [5.41, 5.74) is 0.